The molecule has 0 unspecified atom stereocenters. The molecular weight excluding hydrogens is 395 g/mol. The third kappa shape index (κ3) is 6.52. The van der Waals surface area contributed by atoms with E-state index in [0.717, 1.165) is 11.3 Å². The molecule has 138 valence electrons. The Hall–Kier alpha value is -1.75. The number of halogens is 3. The normalized spacial score (nSPS) is 11.3. The van der Waals surface area contributed by atoms with E-state index in [0.29, 0.717) is 46.7 Å². The lowest BCUT2D eigenvalue weighted by Gasteiger charge is -2.08. The van der Waals surface area contributed by atoms with E-state index in [9.17, 15) is 4.79 Å². The SMILES string of the molecule is CC/C(=N\NC(=O)CCCOc1ccc(Cl)cc1Cl)c1ccc(Cl)cc1. The standard InChI is InChI=1S/C19H19Cl3N2O2/c1-2-17(13-5-7-14(20)8-6-13)23-24-19(25)4-3-11-26-18-10-9-15(21)12-16(18)22/h5-10,12H,2-4,11H2,1H3,(H,24,25)/b23-17+. The van der Waals surface area contributed by atoms with Crippen molar-refractivity contribution in [2.45, 2.75) is 26.2 Å². The molecule has 0 fully saturated rings. The smallest absolute Gasteiger partial charge is 0.240 e. The second-order valence-corrected chi connectivity index (χ2v) is 6.76. The van der Waals surface area contributed by atoms with Crippen molar-refractivity contribution in [2.24, 2.45) is 5.10 Å². The van der Waals surface area contributed by atoms with Crippen LogP contribution in [0.5, 0.6) is 5.75 Å². The lowest BCUT2D eigenvalue weighted by atomic mass is 10.1. The van der Waals surface area contributed by atoms with Gasteiger partial charge < -0.3 is 4.74 Å². The number of hydrazone groups is 1. The molecule has 1 N–H and O–H groups in total. The number of hydrogen-bond acceptors (Lipinski definition) is 3. The van der Waals surface area contributed by atoms with Gasteiger partial charge in [-0.25, -0.2) is 5.43 Å². The Morgan fingerprint density at radius 3 is 2.42 bits per heavy atom. The maximum atomic E-state index is 11.9. The Bertz CT molecular complexity index is 777. The molecule has 0 saturated heterocycles. The van der Waals surface area contributed by atoms with Gasteiger partial charge in [0.05, 0.1) is 17.3 Å². The van der Waals surface area contributed by atoms with Crippen molar-refractivity contribution in [1.29, 1.82) is 0 Å². The highest BCUT2D eigenvalue weighted by atomic mass is 35.5. The molecule has 0 aromatic heterocycles. The molecule has 0 atom stereocenters. The van der Waals surface area contributed by atoms with Crippen LogP contribution in [0.2, 0.25) is 15.1 Å². The largest absolute Gasteiger partial charge is 0.492 e. The zero-order valence-corrected chi connectivity index (χ0v) is 16.5. The summed E-state index contributed by atoms with van der Waals surface area (Å²) in [7, 11) is 0. The van der Waals surface area contributed by atoms with E-state index >= 15 is 0 Å². The minimum atomic E-state index is -0.171. The van der Waals surface area contributed by atoms with Crippen molar-refractivity contribution in [2.75, 3.05) is 6.61 Å². The Balaban J connectivity index is 1.78. The van der Waals surface area contributed by atoms with Crippen LogP contribution in [0.3, 0.4) is 0 Å². The minimum absolute atomic E-state index is 0.171. The minimum Gasteiger partial charge on any atom is -0.492 e. The van der Waals surface area contributed by atoms with Gasteiger partial charge in [0.15, 0.2) is 0 Å². The molecular formula is C19H19Cl3N2O2. The summed E-state index contributed by atoms with van der Waals surface area (Å²) in [6, 6.07) is 12.4. The predicted molar refractivity (Wildman–Crippen MR) is 108 cm³/mol. The maximum Gasteiger partial charge on any atom is 0.240 e. The highest BCUT2D eigenvalue weighted by Crippen LogP contribution is 2.27. The molecule has 26 heavy (non-hydrogen) atoms. The van der Waals surface area contributed by atoms with Crippen LogP contribution in [0.15, 0.2) is 47.6 Å². The van der Waals surface area contributed by atoms with Gasteiger partial charge in [0.2, 0.25) is 5.91 Å². The number of carbonyl (C=O) groups is 1. The monoisotopic (exact) mass is 412 g/mol. The van der Waals surface area contributed by atoms with Crippen LogP contribution in [0, 0.1) is 0 Å². The van der Waals surface area contributed by atoms with Crippen LogP contribution in [-0.2, 0) is 4.79 Å². The van der Waals surface area contributed by atoms with Crippen molar-refractivity contribution in [1.82, 2.24) is 5.43 Å². The average molecular weight is 414 g/mol. The number of ether oxygens (including phenoxy) is 1. The second-order valence-electron chi connectivity index (χ2n) is 5.48. The van der Waals surface area contributed by atoms with Crippen molar-refractivity contribution in [3.8, 4) is 5.75 Å². The zero-order chi connectivity index (χ0) is 18.9. The number of rotatable bonds is 8. The van der Waals surface area contributed by atoms with Gasteiger partial charge in [0.25, 0.3) is 0 Å². The quantitative estimate of drug-likeness (QED) is 0.341. The van der Waals surface area contributed by atoms with Crippen LogP contribution in [-0.4, -0.2) is 18.2 Å². The van der Waals surface area contributed by atoms with E-state index in [4.69, 9.17) is 39.5 Å². The van der Waals surface area contributed by atoms with Crippen molar-refractivity contribution < 1.29 is 9.53 Å². The first kappa shape index (κ1) is 20.6. The summed E-state index contributed by atoms with van der Waals surface area (Å²) in [5, 5.41) is 5.86. The molecule has 0 radical (unpaired) electrons. The highest BCUT2D eigenvalue weighted by molar-refractivity contribution is 6.35. The van der Waals surface area contributed by atoms with E-state index in [1.54, 1.807) is 30.3 Å². The Morgan fingerprint density at radius 1 is 1.08 bits per heavy atom. The van der Waals surface area contributed by atoms with Gasteiger partial charge in [-0.1, -0.05) is 53.9 Å². The fourth-order valence-electron chi connectivity index (χ4n) is 2.18. The van der Waals surface area contributed by atoms with Crippen LogP contribution in [0.4, 0.5) is 0 Å². The third-order valence-corrected chi connectivity index (χ3v) is 4.31. The van der Waals surface area contributed by atoms with E-state index in [1.165, 1.54) is 0 Å². The number of nitrogens with zero attached hydrogens (tertiary/aromatic N) is 1. The zero-order valence-electron chi connectivity index (χ0n) is 14.3. The van der Waals surface area contributed by atoms with Crippen molar-refractivity contribution in [3.05, 3.63) is 63.1 Å². The first-order valence-corrected chi connectivity index (χ1v) is 9.32. The molecule has 2 aromatic carbocycles. The van der Waals surface area contributed by atoms with Crippen molar-refractivity contribution in [3.63, 3.8) is 0 Å². The van der Waals surface area contributed by atoms with E-state index < -0.39 is 0 Å². The summed E-state index contributed by atoms with van der Waals surface area (Å²) in [5.41, 5.74) is 4.30. The lowest BCUT2D eigenvalue weighted by molar-refractivity contribution is -0.121. The molecule has 0 aliphatic carbocycles. The fraction of sp³-hybridized carbons (Fsp3) is 0.263. The number of benzene rings is 2. The van der Waals surface area contributed by atoms with E-state index in [-0.39, 0.29) is 5.91 Å². The summed E-state index contributed by atoms with van der Waals surface area (Å²) < 4.78 is 5.55. The first-order chi connectivity index (χ1) is 12.5. The van der Waals surface area contributed by atoms with Gasteiger partial charge in [0, 0.05) is 16.5 Å². The molecule has 0 saturated carbocycles. The molecule has 2 rings (SSSR count). The summed E-state index contributed by atoms with van der Waals surface area (Å²) in [4.78, 5) is 11.9. The maximum absolute atomic E-state index is 11.9. The molecule has 0 spiro atoms. The van der Waals surface area contributed by atoms with Gasteiger partial charge in [-0.15, -0.1) is 0 Å². The lowest BCUT2D eigenvalue weighted by Crippen LogP contribution is -2.20. The predicted octanol–water partition coefficient (Wildman–Crippen LogP) is 5.74. The Labute approximate surface area is 168 Å². The van der Waals surface area contributed by atoms with Gasteiger partial charge in [-0.3, -0.25) is 4.79 Å². The number of amides is 1. The molecule has 1 amide bonds. The molecule has 2 aromatic rings. The molecule has 4 nitrogen and oxygen atoms in total. The van der Waals surface area contributed by atoms with Crippen molar-refractivity contribution >= 4 is 46.4 Å². The topological polar surface area (TPSA) is 50.7 Å². The van der Waals surface area contributed by atoms with E-state index in [1.807, 2.05) is 19.1 Å². The van der Waals surface area contributed by atoms with Crippen LogP contribution in [0.25, 0.3) is 0 Å². The summed E-state index contributed by atoms with van der Waals surface area (Å²) in [6.07, 6.45) is 1.54. The average Bonchev–Trinajstić information content (AvgIpc) is 2.62. The van der Waals surface area contributed by atoms with Gasteiger partial charge in [-0.05, 0) is 48.7 Å². The summed E-state index contributed by atoms with van der Waals surface area (Å²) in [6.45, 7) is 2.35. The summed E-state index contributed by atoms with van der Waals surface area (Å²) >= 11 is 17.7. The van der Waals surface area contributed by atoms with Gasteiger partial charge in [0.1, 0.15) is 5.75 Å². The number of hydrogen-bond donors (Lipinski definition) is 1. The number of nitrogens with one attached hydrogen (secondary N) is 1. The molecule has 0 bridgehead atoms. The molecule has 7 heteroatoms. The number of carbonyl (C=O) groups excluding carboxylic acids is 1. The summed E-state index contributed by atoms with van der Waals surface area (Å²) in [5.74, 6) is 0.376. The molecule has 0 heterocycles. The first-order valence-electron chi connectivity index (χ1n) is 8.18. The Morgan fingerprint density at radius 2 is 1.77 bits per heavy atom. The Kier molecular flexibility index (Phi) is 8.23. The van der Waals surface area contributed by atoms with Crippen LogP contribution in [0.1, 0.15) is 31.7 Å². The van der Waals surface area contributed by atoms with Crippen LogP contribution < -0.4 is 10.2 Å². The molecule has 0 aliphatic rings. The van der Waals surface area contributed by atoms with E-state index in [2.05, 4.69) is 10.5 Å². The fourth-order valence-corrected chi connectivity index (χ4v) is 2.77. The van der Waals surface area contributed by atoms with Crippen LogP contribution >= 0.6 is 34.8 Å². The van der Waals surface area contributed by atoms with Gasteiger partial charge >= 0.3 is 0 Å². The van der Waals surface area contributed by atoms with Gasteiger partial charge in [-0.2, -0.15) is 5.10 Å². The highest BCUT2D eigenvalue weighted by Gasteiger charge is 2.06. The molecule has 0 aliphatic heterocycles. The second kappa shape index (κ2) is 10.4. The third-order valence-electron chi connectivity index (χ3n) is 3.53.